The van der Waals surface area contributed by atoms with Crippen molar-refractivity contribution in [1.82, 2.24) is 10.3 Å². The van der Waals surface area contributed by atoms with E-state index in [1.165, 1.54) is 6.20 Å². The van der Waals surface area contributed by atoms with E-state index in [4.69, 9.17) is 11.6 Å². The number of carbonyl (C=O) groups is 2. The van der Waals surface area contributed by atoms with Crippen molar-refractivity contribution in [3.05, 3.63) is 94.8 Å². The Morgan fingerprint density at radius 3 is 2.33 bits per heavy atom. The normalized spacial score (nSPS) is 10.3. The summed E-state index contributed by atoms with van der Waals surface area (Å²) in [7, 11) is 0. The number of nitrogens with zero attached hydrogens (tertiary/aromatic N) is 1. The molecule has 2 aromatic carbocycles. The Morgan fingerprint density at radius 2 is 1.56 bits per heavy atom. The van der Waals surface area contributed by atoms with Gasteiger partial charge in [0.2, 0.25) is 0 Å². The third-order valence-electron chi connectivity index (χ3n) is 3.97. The van der Waals surface area contributed by atoms with Gasteiger partial charge in [-0.05, 0) is 36.2 Å². The van der Waals surface area contributed by atoms with Crippen molar-refractivity contribution in [2.45, 2.75) is 6.42 Å². The summed E-state index contributed by atoms with van der Waals surface area (Å²) in [5, 5.41) is 5.73. The molecule has 0 saturated carbocycles. The summed E-state index contributed by atoms with van der Waals surface area (Å²) in [4.78, 5) is 28.9. The Bertz CT molecular complexity index is 945. The van der Waals surface area contributed by atoms with E-state index >= 15 is 0 Å². The van der Waals surface area contributed by atoms with Crippen LogP contribution in [-0.4, -0.2) is 23.3 Å². The third-order valence-corrected chi connectivity index (χ3v) is 4.27. The molecule has 0 aliphatic heterocycles. The van der Waals surface area contributed by atoms with E-state index in [1.54, 1.807) is 36.4 Å². The minimum absolute atomic E-state index is 0.111. The molecule has 0 spiro atoms. The molecule has 136 valence electrons. The predicted octanol–water partition coefficient (Wildman–Crippen LogP) is 3.96. The van der Waals surface area contributed by atoms with E-state index in [0.29, 0.717) is 17.8 Å². The first kappa shape index (κ1) is 18.6. The molecule has 27 heavy (non-hydrogen) atoms. The standard InChI is InChI=1S/C21H18ClN3O2/c22-19-17(10-6-13-23-19)21(27)25-18-11-5-4-9-16(18)20(26)24-14-12-15-7-2-1-3-8-15/h1-11,13H,12,14H2,(H,24,26)(H,25,27). The number of benzene rings is 2. The van der Waals surface area contributed by atoms with Crippen molar-refractivity contribution >= 4 is 29.1 Å². The second kappa shape index (κ2) is 8.96. The van der Waals surface area contributed by atoms with E-state index in [-0.39, 0.29) is 16.6 Å². The van der Waals surface area contributed by atoms with Crippen LogP contribution in [0.25, 0.3) is 0 Å². The van der Waals surface area contributed by atoms with Gasteiger partial charge < -0.3 is 10.6 Å². The van der Waals surface area contributed by atoms with Crippen LogP contribution in [0.5, 0.6) is 0 Å². The third kappa shape index (κ3) is 4.92. The largest absolute Gasteiger partial charge is 0.352 e. The number of nitrogens with one attached hydrogen (secondary N) is 2. The van der Waals surface area contributed by atoms with Gasteiger partial charge in [0, 0.05) is 12.7 Å². The molecule has 0 aliphatic carbocycles. The number of hydrogen-bond acceptors (Lipinski definition) is 3. The molecule has 0 fully saturated rings. The summed E-state index contributed by atoms with van der Waals surface area (Å²) < 4.78 is 0. The first-order valence-corrected chi connectivity index (χ1v) is 8.86. The molecule has 3 aromatic rings. The highest BCUT2D eigenvalue weighted by Gasteiger charge is 2.15. The fraction of sp³-hybridized carbons (Fsp3) is 0.0952. The Balaban J connectivity index is 1.67. The van der Waals surface area contributed by atoms with Crippen LogP contribution in [0.2, 0.25) is 5.15 Å². The molecule has 6 heteroatoms. The Labute approximate surface area is 162 Å². The zero-order chi connectivity index (χ0) is 19.1. The fourth-order valence-corrected chi connectivity index (χ4v) is 2.80. The molecule has 1 heterocycles. The predicted molar refractivity (Wildman–Crippen MR) is 106 cm³/mol. The first-order chi connectivity index (χ1) is 13.1. The maximum absolute atomic E-state index is 12.5. The van der Waals surface area contributed by atoms with Crippen LogP contribution in [0.4, 0.5) is 5.69 Å². The van der Waals surface area contributed by atoms with Gasteiger partial charge in [0.15, 0.2) is 0 Å². The highest BCUT2D eigenvalue weighted by atomic mass is 35.5. The highest BCUT2D eigenvalue weighted by Crippen LogP contribution is 2.18. The number of carbonyl (C=O) groups excluding carboxylic acids is 2. The van der Waals surface area contributed by atoms with Crippen LogP contribution >= 0.6 is 11.6 Å². The summed E-state index contributed by atoms with van der Waals surface area (Å²) in [6, 6.07) is 19.9. The van der Waals surface area contributed by atoms with E-state index in [2.05, 4.69) is 15.6 Å². The highest BCUT2D eigenvalue weighted by molar-refractivity contribution is 6.33. The zero-order valence-corrected chi connectivity index (χ0v) is 15.2. The van der Waals surface area contributed by atoms with E-state index in [1.807, 2.05) is 30.3 Å². The van der Waals surface area contributed by atoms with Gasteiger partial charge in [-0.15, -0.1) is 0 Å². The molecule has 3 rings (SSSR count). The zero-order valence-electron chi connectivity index (χ0n) is 14.5. The molecule has 0 saturated heterocycles. The Morgan fingerprint density at radius 1 is 0.852 bits per heavy atom. The molecule has 2 amide bonds. The van der Waals surface area contributed by atoms with E-state index in [0.717, 1.165) is 12.0 Å². The lowest BCUT2D eigenvalue weighted by molar-refractivity contribution is 0.0955. The Kier molecular flexibility index (Phi) is 6.18. The SMILES string of the molecule is O=C(NCCc1ccccc1)c1ccccc1NC(=O)c1cccnc1Cl. The van der Waals surface area contributed by atoms with Crippen molar-refractivity contribution in [3.63, 3.8) is 0 Å². The molecular formula is C21H18ClN3O2. The quantitative estimate of drug-likeness (QED) is 0.637. The number of hydrogen-bond donors (Lipinski definition) is 2. The number of anilines is 1. The average Bonchev–Trinajstić information content (AvgIpc) is 2.69. The van der Waals surface area contributed by atoms with Crippen LogP contribution in [0, 0.1) is 0 Å². The number of aromatic nitrogens is 1. The minimum Gasteiger partial charge on any atom is -0.352 e. The van der Waals surface area contributed by atoms with Crippen molar-refractivity contribution < 1.29 is 9.59 Å². The van der Waals surface area contributed by atoms with Crippen molar-refractivity contribution in [3.8, 4) is 0 Å². The van der Waals surface area contributed by atoms with Gasteiger partial charge >= 0.3 is 0 Å². The van der Waals surface area contributed by atoms with Gasteiger partial charge in [-0.2, -0.15) is 0 Å². The maximum Gasteiger partial charge on any atom is 0.258 e. The molecule has 0 unspecified atom stereocenters. The molecule has 0 aliphatic rings. The number of para-hydroxylation sites is 1. The van der Waals surface area contributed by atoms with E-state index < -0.39 is 5.91 Å². The van der Waals surface area contributed by atoms with Gasteiger partial charge in [0.25, 0.3) is 11.8 Å². The van der Waals surface area contributed by atoms with Crippen LogP contribution in [-0.2, 0) is 6.42 Å². The van der Waals surface area contributed by atoms with Crippen molar-refractivity contribution in [2.24, 2.45) is 0 Å². The topological polar surface area (TPSA) is 71.1 Å². The monoisotopic (exact) mass is 379 g/mol. The number of pyridine rings is 1. The van der Waals surface area contributed by atoms with Crippen molar-refractivity contribution in [2.75, 3.05) is 11.9 Å². The van der Waals surface area contributed by atoms with E-state index in [9.17, 15) is 9.59 Å². The van der Waals surface area contributed by atoms with Crippen LogP contribution in [0.3, 0.4) is 0 Å². The summed E-state index contributed by atoms with van der Waals surface area (Å²) in [5.41, 5.74) is 2.20. The second-order valence-corrected chi connectivity index (χ2v) is 6.19. The lowest BCUT2D eigenvalue weighted by Gasteiger charge is -2.12. The van der Waals surface area contributed by atoms with Crippen LogP contribution in [0.15, 0.2) is 72.9 Å². The summed E-state index contributed by atoms with van der Waals surface area (Å²) in [6.45, 7) is 0.500. The Hall–Kier alpha value is -3.18. The minimum atomic E-state index is -0.419. The van der Waals surface area contributed by atoms with Gasteiger partial charge in [0.05, 0.1) is 16.8 Å². The smallest absolute Gasteiger partial charge is 0.258 e. The van der Waals surface area contributed by atoms with Gasteiger partial charge in [-0.25, -0.2) is 4.98 Å². The van der Waals surface area contributed by atoms with Gasteiger partial charge in [0.1, 0.15) is 5.15 Å². The first-order valence-electron chi connectivity index (χ1n) is 8.48. The molecule has 0 radical (unpaired) electrons. The van der Waals surface area contributed by atoms with Crippen molar-refractivity contribution in [1.29, 1.82) is 0 Å². The lowest BCUT2D eigenvalue weighted by Crippen LogP contribution is -2.27. The molecule has 2 N–H and O–H groups in total. The van der Waals surface area contributed by atoms with Crippen LogP contribution in [0.1, 0.15) is 26.3 Å². The summed E-state index contributed by atoms with van der Waals surface area (Å²) in [6.07, 6.45) is 2.24. The van der Waals surface area contributed by atoms with Gasteiger partial charge in [-0.3, -0.25) is 9.59 Å². The molecule has 0 bridgehead atoms. The molecule has 5 nitrogen and oxygen atoms in total. The maximum atomic E-state index is 12.5. The number of amides is 2. The van der Waals surface area contributed by atoms with Crippen LogP contribution < -0.4 is 10.6 Å². The lowest BCUT2D eigenvalue weighted by atomic mass is 10.1. The molecule has 0 atom stereocenters. The second-order valence-electron chi connectivity index (χ2n) is 5.83. The number of rotatable bonds is 6. The number of halogens is 1. The fourth-order valence-electron chi connectivity index (χ4n) is 2.60. The summed E-state index contributed by atoms with van der Waals surface area (Å²) >= 11 is 5.96. The van der Waals surface area contributed by atoms with Gasteiger partial charge in [-0.1, -0.05) is 54.1 Å². The average molecular weight is 380 g/mol. The molecular weight excluding hydrogens is 362 g/mol. The summed E-state index contributed by atoms with van der Waals surface area (Å²) in [5.74, 6) is -0.670. The molecule has 1 aromatic heterocycles.